The topological polar surface area (TPSA) is 105 Å². The molecule has 1 amide bonds. The van der Waals surface area contributed by atoms with Crippen molar-refractivity contribution in [2.75, 3.05) is 11.1 Å². The molecule has 1 aromatic heterocycles. The normalized spacial score (nSPS) is 10.1. The van der Waals surface area contributed by atoms with Crippen molar-refractivity contribution in [2.24, 2.45) is 0 Å². The van der Waals surface area contributed by atoms with E-state index in [1.165, 1.54) is 24.4 Å². The third-order valence-corrected chi connectivity index (χ3v) is 2.68. The van der Waals surface area contributed by atoms with Gasteiger partial charge < -0.3 is 16.2 Å². The van der Waals surface area contributed by atoms with Crippen molar-refractivity contribution in [3.8, 4) is 0 Å². The third kappa shape index (κ3) is 2.92. The van der Waals surface area contributed by atoms with Crippen LogP contribution in [-0.4, -0.2) is 22.0 Å². The average molecular weight is 271 g/mol. The number of carboxylic acids is 1. The van der Waals surface area contributed by atoms with Crippen LogP contribution in [0.5, 0.6) is 0 Å². The monoisotopic (exact) mass is 271 g/mol. The van der Waals surface area contributed by atoms with Gasteiger partial charge in [0.2, 0.25) is 0 Å². The van der Waals surface area contributed by atoms with Crippen molar-refractivity contribution < 1.29 is 14.7 Å². The van der Waals surface area contributed by atoms with Gasteiger partial charge in [0.1, 0.15) is 0 Å². The summed E-state index contributed by atoms with van der Waals surface area (Å²) in [6.07, 6.45) is 3.09. The number of carboxylic acid groups (broad SMARTS) is 1. The molecule has 2 rings (SSSR count). The second kappa shape index (κ2) is 5.40. The molecule has 1 heterocycles. The maximum absolute atomic E-state index is 12.0. The number of benzene rings is 1. The standard InChI is InChI=1S/C14H13N3O3/c1-8-4-10(7-16-6-8)13(18)17-12-3-2-9(14(19)20)5-11(12)15/h2-7H,15H2,1H3,(H,17,18)(H,19,20). The van der Waals surface area contributed by atoms with Crippen LogP contribution in [0, 0.1) is 6.92 Å². The largest absolute Gasteiger partial charge is 0.478 e. The second-order valence-electron chi connectivity index (χ2n) is 4.31. The number of anilines is 2. The number of aromatic nitrogens is 1. The molecule has 0 saturated carbocycles. The van der Waals surface area contributed by atoms with Crippen molar-refractivity contribution in [3.63, 3.8) is 0 Å². The van der Waals surface area contributed by atoms with Gasteiger partial charge in [-0.3, -0.25) is 9.78 Å². The van der Waals surface area contributed by atoms with Crippen LogP contribution in [0.25, 0.3) is 0 Å². The fourth-order valence-corrected chi connectivity index (χ4v) is 1.68. The van der Waals surface area contributed by atoms with E-state index in [-0.39, 0.29) is 17.2 Å². The van der Waals surface area contributed by atoms with Crippen LogP contribution in [0.2, 0.25) is 0 Å². The summed E-state index contributed by atoms with van der Waals surface area (Å²) < 4.78 is 0. The average Bonchev–Trinajstić information content (AvgIpc) is 2.40. The van der Waals surface area contributed by atoms with Crippen molar-refractivity contribution in [2.45, 2.75) is 6.92 Å². The van der Waals surface area contributed by atoms with Crippen molar-refractivity contribution in [3.05, 3.63) is 53.3 Å². The van der Waals surface area contributed by atoms with Gasteiger partial charge in [0, 0.05) is 12.4 Å². The molecule has 4 N–H and O–H groups in total. The maximum atomic E-state index is 12.0. The highest BCUT2D eigenvalue weighted by molar-refractivity contribution is 6.06. The molecule has 6 heteroatoms. The fraction of sp³-hybridized carbons (Fsp3) is 0.0714. The molecule has 0 aliphatic heterocycles. The Morgan fingerprint density at radius 1 is 1.20 bits per heavy atom. The summed E-state index contributed by atoms with van der Waals surface area (Å²) in [6, 6.07) is 5.83. The Kier molecular flexibility index (Phi) is 3.65. The van der Waals surface area contributed by atoms with Gasteiger partial charge in [-0.2, -0.15) is 0 Å². The van der Waals surface area contributed by atoms with Gasteiger partial charge >= 0.3 is 5.97 Å². The first kappa shape index (κ1) is 13.5. The van der Waals surface area contributed by atoms with E-state index in [4.69, 9.17) is 10.8 Å². The van der Waals surface area contributed by atoms with Gasteiger partial charge in [-0.1, -0.05) is 0 Å². The molecule has 0 spiro atoms. The highest BCUT2D eigenvalue weighted by atomic mass is 16.4. The highest BCUT2D eigenvalue weighted by Crippen LogP contribution is 2.20. The number of hydrogen-bond acceptors (Lipinski definition) is 4. The quantitative estimate of drug-likeness (QED) is 0.739. The van der Waals surface area contributed by atoms with E-state index in [2.05, 4.69) is 10.3 Å². The minimum absolute atomic E-state index is 0.0673. The molecule has 0 fully saturated rings. The van der Waals surface area contributed by atoms with Crippen LogP contribution in [-0.2, 0) is 0 Å². The van der Waals surface area contributed by atoms with Crippen LogP contribution in [0.15, 0.2) is 36.7 Å². The van der Waals surface area contributed by atoms with E-state index in [9.17, 15) is 9.59 Å². The number of amides is 1. The number of aromatic carboxylic acids is 1. The summed E-state index contributed by atoms with van der Waals surface area (Å²) in [5.74, 6) is -1.42. The molecule has 1 aromatic carbocycles. The Morgan fingerprint density at radius 3 is 2.55 bits per heavy atom. The summed E-state index contributed by atoms with van der Waals surface area (Å²) in [5, 5.41) is 11.5. The Hall–Kier alpha value is -2.89. The Labute approximate surface area is 115 Å². The molecule has 0 bridgehead atoms. The molecule has 2 aromatic rings. The number of hydrogen-bond donors (Lipinski definition) is 3. The first-order chi connectivity index (χ1) is 9.47. The smallest absolute Gasteiger partial charge is 0.335 e. The molecule has 0 unspecified atom stereocenters. The van der Waals surface area contributed by atoms with Crippen molar-refractivity contribution in [1.82, 2.24) is 4.98 Å². The lowest BCUT2D eigenvalue weighted by Crippen LogP contribution is -2.14. The number of pyridine rings is 1. The van der Waals surface area contributed by atoms with Gasteiger partial charge in [-0.05, 0) is 36.8 Å². The summed E-state index contributed by atoms with van der Waals surface area (Å²) in [7, 11) is 0. The Balaban J connectivity index is 2.22. The van der Waals surface area contributed by atoms with Crippen LogP contribution in [0.4, 0.5) is 11.4 Å². The molecular formula is C14H13N3O3. The lowest BCUT2D eigenvalue weighted by atomic mass is 10.1. The second-order valence-corrected chi connectivity index (χ2v) is 4.31. The SMILES string of the molecule is Cc1cncc(C(=O)Nc2ccc(C(=O)O)cc2N)c1. The lowest BCUT2D eigenvalue weighted by Gasteiger charge is -2.09. The molecular weight excluding hydrogens is 258 g/mol. The number of nitrogens with one attached hydrogen (secondary N) is 1. The van der Waals surface area contributed by atoms with E-state index in [1.54, 1.807) is 12.3 Å². The van der Waals surface area contributed by atoms with Crippen LogP contribution in [0.3, 0.4) is 0 Å². The number of nitrogen functional groups attached to an aromatic ring is 1. The zero-order valence-electron chi connectivity index (χ0n) is 10.8. The van der Waals surface area contributed by atoms with Crippen LogP contribution in [0.1, 0.15) is 26.3 Å². The van der Waals surface area contributed by atoms with E-state index < -0.39 is 5.97 Å². The number of nitrogens with two attached hydrogens (primary N) is 1. The van der Waals surface area contributed by atoms with E-state index in [0.717, 1.165) is 5.56 Å². The zero-order valence-corrected chi connectivity index (χ0v) is 10.8. The van der Waals surface area contributed by atoms with Gasteiger partial charge in [-0.25, -0.2) is 4.79 Å². The van der Waals surface area contributed by atoms with Crippen molar-refractivity contribution in [1.29, 1.82) is 0 Å². The minimum Gasteiger partial charge on any atom is -0.478 e. The zero-order chi connectivity index (χ0) is 14.7. The number of nitrogens with zero attached hydrogens (tertiary/aromatic N) is 1. The summed E-state index contributed by atoms with van der Waals surface area (Å²) >= 11 is 0. The first-order valence-corrected chi connectivity index (χ1v) is 5.83. The summed E-state index contributed by atoms with van der Waals surface area (Å²) in [5.41, 5.74) is 7.62. The number of aryl methyl sites for hydroxylation is 1. The molecule has 0 radical (unpaired) electrons. The van der Waals surface area contributed by atoms with Crippen molar-refractivity contribution >= 4 is 23.3 Å². The molecule has 0 aliphatic rings. The van der Waals surface area contributed by atoms with Gasteiger partial charge in [0.15, 0.2) is 0 Å². The van der Waals surface area contributed by atoms with E-state index in [1.807, 2.05) is 6.92 Å². The van der Waals surface area contributed by atoms with Crippen LogP contribution < -0.4 is 11.1 Å². The Morgan fingerprint density at radius 2 is 1.95 bits per heavy atom. The van der Waals surface area contributed by atoms with Gasteiger partial charge in [0.25, 0.3) is 5.91 Å². The highest BCUT2D eigenvalue weighted by Gasteiger charge is 2.11. The molecule has 0 saturated heterocycles. The lowest BCUT2D eigenvalue weighted by molar-refractivity contribution is 0.0697. The van der Waals surface area contributed by atoms with Gasteiger partial charge in [0.05, 0.1) is 22.5 Å². The maximum Gasteiger partial charge on any atom is 0.335 e. The molecule has 20 heavy (non-hydrogen) atoms. The van der Waals surface area contributed by atoms with Crippen LogP contribution >= 0.6 is 0 Å². The fourth-order valence-electron chi connectivity index (χ4n) is 1.68. The summed E-state index contributed by atoms with van der Waals surface area (Å²) in [6.45, 7) is 1.83. The van der Waals surface area contributed by atoms with E-state index >= 15 is 0 Å². The Bertz CT molecular complexity index is 683. The third-order valence-electron chi connectivity index (χ3n) is 2.68. The molecule has 102 valence electrons. The predicted octanol–water partition coefficient (Wildman–Crippen LogP) is 1.92. The van der Waals surface area contributed by atoms with E-state index in [0.29, 0.717) is 11.3 Å². The molecule has 0 atom stereocenters. The number of rotatable bonds is 3. The molecule has 6 nitrogen and oxygen atoms in total. The predicted molar refractivity (Wildman–Crippen MR) is 74.7 cm³/mol. The molecule has 0 aliphatic carbocycles. The number of carbonyl (C=O) groups excluding carboxylic acids is 1. The number of carbonyl (C=O) groups is 2. The minimum atomic E-state index is -1.07. The summed E-state index contributed by atoms with van der Waals surface area (Å²) in [4.78, 5) is 26.7. The first-order valence-electron chi connectivity index (χ1n) is 5.83. The van der Waals surface area contributed by atoms with Gasteiger partial charge in [-0.15, -0.1) is 0 Å².